The average Bonchev–Trinajstić information content (AvgIpc) is 3.09. The highest BCUT2D eigenvalue weighted by Gasteiger charge is 2.42. The molecule has 0 saturated carbocycles. The van der Waals surface area contributed by atoms with Crippen LogP contribution < -0.4 is 0 Å². The molecule has 3 aromatic rings. The molecule has 0 aromatic heterocycles. The maximum absolute atomic E-state index is 3.99. The molecule has 0 N–H and O–H groups in total. The van der Waals surface area contributed by atoms with E-state index in [2.05, 4.69) is 268 Å². The molecule has 3 aromatic carbocycles. The number of benzene rings is 3. The van der Waals surface area contributed by atoms with E-state index in [1.54, 1.807) is 0 Å². The van der Waals surface area contributed by atoms with Gasteiger partial charge in [0.15, 0.2) is 0 Å². The lowest BCUT2D eigenvalue weighted by Gasteiger charge is -2.38. The lowest BCUT2D eigenvalue weighted by atomic mass is 9.64. The Kier molecular flexibility index (Phi) is 15.3. The van der Waals surface area contributed by atoms with E-state index in [0.717, 1.165) is 0 Å². The Hall–Kier alpha value is -3.88. The summed E-state index contributed by atoms with van der Waals surface area (Å²) in [6.45, 7) is 55.8. The molecule has 3 rings (SSSR count). The van der Waals surface area contributed by atoms with Gasteiger partial charge in [-0.2, -0.15) is 0 Å². The number of hydrogen-bond donors (Lipinski definition) is 0. The fourth-order valence-corrected chi connectivity index (χ4v) is 13.8. The van der Waals surface area contributed by atoms with E-state index in [4.69, 9.17) is 0 Å². The lowest BCUT2D eigenvalue weighted by molar-refractivity contribution is 0.558. The highest BCUT2D eigenvalue weighted by atomic mass is 28.3. The summed E-state index contributed by atoms with van der Waals surface area (Å²) in [7, 11) is -1.89. The third kappa shape index (κ3) is 12.0. The van der Waals surface area contributed by atoms with Gasteiger partial charge in [0, 0.05) is 0 Å². The number of rotatable bonds is 6. The minimum atomic E-state index is -1.89. The van der Waals surface area contributed by atoms with E-state index < -0.39 is 13.5 Å². The molecule has 0 spiro atoms. The molecular weight excluding hydrogens is 749 g/mol. The smallest absolute Gasteiger partial charge is 0.116 e. The topological polar surface area (TPSA) is 0 Å². The Morgan fingerprint density at radius 2 is 0.492 bits per heavy atom. The molecule has 0 fully saturated rings. The summed E-state index contributed by atoms with van der Waals surface area (Å²) in [5.74, 6) is 23.3. The molecule has 0 nitrogen and oxygen atoms in total. The van der Waals surface area contributed by atoms with Crippen LogP contribution in [0, 0.1) is 47.0 Å². The van der Waals surface area contributed by atoms with Gasteiger partial charge < -0.3 is 0 Å². The quantitative estimate of drug-likeness (QED) is 0.132. The van der Waals surface area contributed by atoms with Crippen LogP contribution in [0.5, 0.6) is 0 Å². The second-order valence-corrected chi connectivity index (χ2v) is 30.6. The summed E-state index contributed by atoms with van der Waals surface area (Å²) < 4.78 is 0. The molecule has 0 unspecified atom stereocenters. The monoisotopic (exact) mass is 833 g/mol. The van der Waals surface area contributed by atoms with Crippen molar-refractivity contribution in [2.24, 2.45) is 0 Å². The highest BCUT2D eigenvalue weighted by molar-refractivity contribution is 6.90. The summed E-state index contributed by atoms with van der Waals surface area (Å²) >= 11 is 0. The standard InChI is InChI=1S/C60H84Si/c1-42(2)61(43(3)4,44(5)6)32-30-28-26-25-27-29-31-60(51-36-45(54(7,8)9)33-46(37-51)55(10,11)12,52-38-47(56(13,14)15)34-48(39-52)57(16,17)18)53-40-49(58(19,20)21)35-50(41-53)59(22,23)24/h33-44H,1-24H3. The van der Waals surface area contributed by atoms with Crippen molar-refractivity contribution < 1.29 is 0 Å². The third-order valence-corrected chi connectivity index (χ3v) is 19.3. The van der Waals surface area contributed by atoms with Crippen LogP contribution in [-0.4, -0.2) is 8.07 Å². The van der Waals surface area contributed by atoms with Crippen LogP contribution in [0.4, 0.5) is 0 Å². The van der Waals surface area contributed by atoms with Gasteiger partial charge in [-0.25, -0.2) is 0 Å². The first-order chi connectivity index (χ1) is 27.5. The van der Waals surface area contributed by atoms with Crippen LogP contribution in [0.1, 0.15) is 216 Å². The van der Waals surface area contributed by atoms with Crippen LogP contribution in [0.2, 0.25) is 16.6 Å². The first-order valence-corrected chi connectivity index (χ1v) is 25.3. The van der Waals surface area contributed by atoms with Gasteiger partial charge in [-0.3, -0.25) is 0 Å². The summed E-state index contributed by atoms with van der Waals surface area (Å²) in [5, 5.41) is 0. The van der Waals surface area contributed by atoms with E-state index >= 15 is 0 Å². The van der Waals surface area contributed by atoms with Crippen molar-refractivity contribution in [2.75, 3.05) is 0 Å². The fraction of sp³-hybridized carbons (Fsp3) is 0.567. The molecule has 0 aliphatic heterocycles. The van der Waals surface area contributed by atoms with Crippen LogP contribution in [0.25, 0.3) is 0 Å². The Morgan fingerprint density at radius 1 is 0.295 bits per heavy atom. The van der Waals surface area contributed by atoms with Crippen molar-refractivity contribution in [1.29, 1.82) is 0 Å². The average molecular weight is 833 g/mol. The maximum Gasteiger partial charge on any atom is 0.147 e. The van der Waals surface area contributed by atoms with Crippen molar-refractivity contribution >= 4 is 8.07 Å². The number of hydrogen-bond acceptors (Lipinski definition) is 0. The Bertz CT molecular complexity index is 2000. The van der Waals surface area contributed by atoms with E-state index in [0.29, 0.717) is 16.6 Å². The molecule has 0 atom stereocenters. The van der Waals surface area contributed by atoms with Crippen molar-refractivity contribution in [3.05, 3.63) is 105 Å². The van der Waals surface area contributed by atoms with Gasteiger partial charge in [-0.1, -0.05) is 227 Å². The molecule has 0 aliphatic rings. The molecule has 61 heavy (non-hydrogen) atoms. The predicted molar refractivity (Wildman–Crippen MR) is 274 cm³/mol. The van der Waals surface area contributed by atoms with Gasteiger partial charge in [0.2, 0.25) is 0 Å². The largest absolute Gasteiger partial charge is 0.147 e. The van der Waals surface area contributed by atoms with Gasteiger partial charge in [0.05, 0.1) is 0 Å². The van der Waals surface area contributed by atoms with E-state index in [1.807, 2.05) is 0 Å². The molecular formula is C60H84Si. The minimum absolute atomic E-state index is 0.0968. The van der Waals surface area contributed by atoms with Gasteiger partial charge in [0.1, 0.15) is 13.5 Å². The molecule has 328 valence electrons. The maximum atomic E-state index is 3.99. The Labute approximate surface area is 378 Å². The van der Waals surface area contributed by atoms with Crippen LogP contribution >= 0.6 is 0 Å². The van der Waals surface area contributed by atoms with Crippen molar-refractivity contribution in [3.8, 4) is 47.0 Å². The van der Waals surface area contributed by atoms with Gasteiger partial charge >= 0.3 is 0 Å². The van der Waals surface area contributed by atoms with Gasteiger partial charge in [-0.05, 0) is 135 Å². The van der Waals surface area contributed by atoms with Crippen LogP contribution in [-0.2, 0) is 37.9 Å². The minimum Gasteiger partial charge on any atom is -0.116 e. The first kappa shape index (κ1) is 51.5. The highest BCUT2D eigenvalue weighted by Crippen LogP contribution is 2.47. The van der Waals surface area contributed by atoms with E-state index in [-0.39, 0.29) is 32.5 Å². The summed E-state index contributed by atoms with van der Waals surface area (Å²) in [5.41, 5.74) is 15.2. The zero-order valence-corrected chi connectivity index (χ0v) is 44.4. The summed E-state index contributed by atoms with van der Waals surface area (Å²) in [4.78, 5) is 0. The van der Waals surface area contributed by atoms with E-state index in [1.165, 1.54) is 50.1 Å². The van der Waals surface area contributed by atoms with Crippen molar-refractivity contribution in [2.45, 2.75) is 221 Å². The second-order valence-electron chi connectivity index (χ2n) is 25.0. The second kappa shape index (κ2) is 18.1. The Balaban J connectivity index is 2.77. The molecule has 0 aliphatic carbocycles. The Morgan fingerprint density at radius 3 is 0.705 bits per heavy atom. The fourth-order valence-electron chi connectivity index (χ4n) is 8.67. The first-order valence-electron chi connectivity index (χ1n) is 23.0. The molecule has 0 amide bonds. The molecule has 0 saturated heterocycles. The molecule has 1 heteroatoms. The molecule has 0 radical (unpaired) electrons. The van der Waals surface area contributed by atoms with Crippen molar-refractivity contribution in [1.82, 2.24) is 0 Å². The zero-order chi connectivity index (χ0) is 46.9. The predicted octanol–water partition coefficient (Wildman–Crippen LogP) is 16.0. The van der Waals surface area contributed by atoms with Crippen molar-refractivity contribution in [3.63, 3.8) is 0 Å². The lowest BCUT2D eigenvalue weighted by Crippen LogP contribution is -2.43. The third-order valence-electron chi connectivity index (χ3n) is 13.0. The normalized spacial score (nSPS) is 13.2. The van der Waals surface area contributed by atoms with Gasteiger partial charge in [-0.15, -0.1) is 5.54 Å². The van der Waals surface area contributed by atoms with E-state index in [9.17, 15) is 0 Å². The molecule has 0 bridgehead atoms. The summed E-state index contributed by atoms with van der Waals surface area (Å²) in [6.07, 6.45) is 0. The summed E-state index contributed by atoms with van der Waals surface area (Å²) in [6, 6.07) is 21.9. The molecule has 0 heterocycles. The van der Waals surface area contributed by atoms with Gasteiger partial charge in [0.25, 0.3) is 0 Å². The zero-order valence-electron chi connectivity index (χ0n) is 43.4. The van der Waals surface area contributed by atoms with Crippen LogP contribution in [0.15, 0.2) is 54.6 Å². The SMILES string of the molecule is CC(C)[Si](C#CC#CC#CC#CC(c1cc(C(C)(C)C)cc(C(C)(C)C)c1)(c1cc(C(C)(C)C)cc(C(C)(C)C)c1)c1cc(C(C)(C)C)cc(C(C)(C)C)c1)(C(C)C)C(C)C. The van der Waals surface area contributed by atoms with Crippen LogP contribution in [0.3, 0.4) is 0 Å².